The van der Waals surface area contributed by atoms with Crippen molar-refractivity contribution in [2.24, 2.45) is 0 Å². The van der Waals surface area contributed by atoms with E-state index in [4.69, 9.17) is 4.98 Å². The first-order valence-electron chi connectivity index (χ1n) is 11.4. The van der Waals surface area contributed by atoms with Crippen LogP contribution in [-0.2, 0) is 11.2 Å². The average Bonchev–Trinajstić information content (AvgIpc) is 3.64. The van der Waals surface area contributed by atoms with Gasteiger partial charge in [-0.05, 0) is 56.3 Å². The minimum Gasteiger partial charge on any atom is -0.369 e. The monoisotopic (exact) mass is 431 g/mol. The Labute approximate surface area is 187 Å². The Morgan fingerprint density at radius 2 is 1.75 bits per heavy atom. The molecule has 0 radical (unpaired) electrons. The van der Waals surface area contributed by atoms with Gasteiger partial charge in [0.15, 0.2) is 0 Å². The molecule has 1 aromatic heterocycles. The fourth-order valence-corrected chi connectivity index (χ4v) is 4.35. The van der Waals surface area contributed by atoms with Crippen LogP contribution in [-0.4, -0.2) is 53.6 Å². The highest BCUT2D eigenvalue weighted by molar-refractivity contribution is 5.91. The first-order chi connectivity index (χ1) is 15.6. The number of anilines is 2. The maximum atomic E-state index is 13.0. The average molecular weight is 432 g/mol. The number of likely N-dealkylation sites (N-methyl/N-ethyl adjacent to an activating group) is 1. The SMILES string of the molecule is CN1CCN(c2ccc(NC(=O)CCc3nc4ccccc4c(=O)n3C3CC3)cc2)CC1. The third kappa shape index (κ3) is 4.39. The molecule has 1 aliphatic carbocycles. The van der Waals surface area contributed by atoms with Crippen LogP contribution in [0.5, 0.6) is 0 Å². The van der Waals surface area contributed by atoms with Crippen molar-refractivity contribution in [3.8, 4) is 0 Å². The Morgan fingerprint density at radius 1 is 1.03 bits per heavy atom. The summed E-state index contributed by atoms with van der Waals surface area (Å²) in [5.41, 5.74) is 2.68. The van der Waals surface area contributed by atoms with Gasteiger partial charge in [-0.3, -0.25) is 14.2 Å². The third-order valence-corrected chi connectivity index (χ3v) is 6.39. The van der Waals surface area contributed by atoms with Gasteiger partial charge in [0.05, 0.1) is 10.9 Å². The molecule has 7 nitrogen and oxygen atoms in total. The summed E-state index contributed by atoms with van der Waals surface area (Å²) in [4.78, 5) is 35.0. The van der Waals surface area contributed by atoms with Gasteiger partial charge in [-0.25, -0.2) is 4.98 Å². The van der Waals surface area contributed by atoms with E-state index in [0.29, 0.717) is 23.1 Å². The van der Waals surface area contributed by atoms with Gasteiger partial charge in [-0.1, -0.05) is 12.1 Å². The molecule has 1 N–H and O–H groups in total. The summed E-state index contributed by atoms with van der Waals surface area (Å²) in [7, 11) is 2.15. The molecule has 1 amide bonds. The molecule has 166 valence electrons. The second kappa shape index (κ2) is 8.74. The second-order valence-corrected chi connectivity index (χ2v) is 8.84. The molecule has 0 bridgehead atoms. The van der Waals surface area contributed by atoms with Crippen molar-refractivity contribution in [2.75, 3.05) is 43.4 Å². The molecular weight excluding hydrogens is 402 g/mol. The lowest BCUT2D eigenvalue weighted by atomic mass is 10.2. The standard InChI is InChI=1S/C25H29N5O2/c1-28-14-16-29(17-15-28)19-8-6-18(7-9-19)26-24(31)13-12-23-27-22-5-3-2-4-21(22)25(32)30(23)20-10-11-20/h2-9,20H,10-17H2,1H3,(H,26,31). The number of aryl methyl sites for hydroxylation is 1. The number of para-hydroxylation sites is 1. The van der Waals surface area contributed by atoms with E-state index >= 15 is 0 Å². The molecule has 1 aliphatic heterocycles. The second-order valence-electron chi connectivity index (χ2n) is 8.84. The number of nitrogens with one attached hydrogen (secondary N) is 1. The number of hydrogen-bond acceptors (Lipinski definition) is 5. The molecule has 32 heavy (non-hydrogen) atoms. The number of amides is 1. The first kappa shape index (κ1) is 20.7. The summed E-state index contributed by atoms with van der Waals surface area (Å²) < 4.78 is 1.81. The van der Waals surface area contributed by atoms with E-state index in [2.05, 4.69) is 34.3 Å². The number of nitrogens with zero attached hydrogens (tertiary/aromatic N) is 4. The van der Waals surface area contributed by atoms with Crippen LogP contribution in [0.3, 0.4) is 0 Å². The van der Waals surface area contributed by atoms with Crippen LogP contribution in [0.15, 0.2) is 53.3 Å². The first-order valence-corrected chi connectivity index (χ1v) is 11.4. The zero-order valence-corrected chi connectivity index (χ0v) is 18.5. The summed E-state index contributed by atoms with van der Waals surface area (Å²) in [5, 5.41) is 3.63. The van der Waals surface area contributed by atoms with Gasteiger partial charge >= 0.3 is 0 Å². The van der Waals surface area contributed by atoms with Gasteiger partial charge in [0.25, 0.3) is 5.56 Å². The smallest absolute Gasteiger partial charge is 0.261 e. The largest absolute Gasteiger partial charge is 0.369 e. The Balaban J connectivity index is 1.24. The molecule has 2 heterocycles. The summed E-state index contributed by atoms with van der Waals surface area (Å²) in [6, 6.07) is 15.7. The number of carbonyl (C=O) groups is 1. The maximum absolute atomic E-state index is 13.0. The van der Waals surface area contributed by atoms with Crippen LogP contribution in [0.25, 0.3) is 10.9 Å². The van der Waals surface area contributed by atoms with Gasteiger partial charge in [0.2, 0.25) is 5.91 Å². The van der Waals surface area contributed by atoms with Gasteiger partial charge < -0.3 is 15.1 Å². The highest BCUT2D eigenvalue weighted by Gasteiger charge is 2.28. The molecule has 3 aromatic rings. The van der Waals surface area contributed by atoms with Crippen molar-refractivity contribution in [1.29, 1.82) is 0 Å². The minimum absolute atomic E-state index is 0.00741. The van der Waals surface area contributed by atoms with Crippen molar-refractivity contribution in [3.63, 3.8) is 0 Å². The number of carbonyl (C=O) groups excluding carboxylic acids is 1. The summed E-state index contributed by atoms with van der Waals surface area (Å²) in [5.74, 6) is 0.638. The molecule has 2 fully saturated rings. The molecule has 1 saturated carbocycles. The lowest BCUT2D eigenvalue weighted by Crippen LogP contribution is -2.44. The summed E-state index contributed by atoms with van der Waals surface area (Å²) in [6.07, 6.45) is 2.73. The molecular formula is C25H29N5O2. The Hall–Kier alpha value is -3.19. The molecule has 0 spiro atoms. The maximum Gasteiger partial charge on any atom is 0.261 e. The van der Waals surface area contributed by atoms with Crippen molar-refractivity contribution >= 4 is 28.2 Å². The highest BCUT2D eigenvalue weighted by Crippen LogP contribution is 2.35. The third-order valence-electron chi connectivity index (χ3n) is 6.39. The van der Waals surface area contributed by atoms with E-state index in [0.717, 1.165) is 44.7 Å². The van der Waals surface area contributed by atoms with Crippen molar-refractivity contribution in [1.82, 2.24) is 14.5 Å². The van der Waals surface area contributed by atoms with Crippen molar-refractivity contribution < 1.29 is 4.79 Å². The predicted molar refractivity (Wildman–Crippen MR) is 127 cm³/mol. The van der Waals surface area contributed by atoms with Crippen molar-refractivity contribution in [2.45, 2.75) is 31.7 Å². The van der Waals surface area contributed by atoms with Gasteiger partial charge in [0, 0.05) is 56.4 Å². The van der Waals surface area contributed by atoms with E-state index in [9.17, 15) is 9.59 Å². The van der Waals surface area contributed by atoms with E-state index in [1.54, 1.807) is 4.57 Å². The van der Waals surface area contributed by atoms with Gasteiger partial charge in [0.1, 0.15) is 5.82 Å². The molecule has 2 aromatic carbocycles. The highest BCUT2D eigenvalue weighted by atomic mass is 16.1. The van der Waals surface area contributed by atoms with Crippen LogP contribution < -0.4 is 15.8 Å². The van der Waals surface area contributed by atoms with E-state index in [-0.39, 0.29) is 23.9 Å². The molecule has 0 atom stereocenters. The minimum atomic E-state index is -0.0675. The Bertz CT molecular complexity index is 1180. The molecule has 7 heteroatoms. The van der Waals surface area contributed by atoms with Gasteiger partial charge in [-0.15, -0.1) is 0 Å². The van der Waals surface area contributed by atoms with E-state index < -0.39 is 0 Å². The molecule has 5 rings (SSSR count). The lowest BCUT2D eigenvalue weighted by molar-refractivity contribution is -0.116. The number of aromatic nitrogens is 2. The van der Waals surface area contributed by atoms with E-state index in [1.165, 1.54) is 5.69 Å². The number of hydrogen-bond donors (Lipinski definition) is 1. The normalized spacial score (nSPS) is 17.0. The molecule has 0 unspecified atom stereocenters. The predicted octanol–water partition coefficient (Wildman–Crippen LogP) is 3.05. The van der Waals surface area contributed by atoms with E-state index in [1.807, 2.05) is 36.4 Å². The number of fused-ring (bicyclic) bond motifs is 1. The molecule has 1 saturated heterocycles. The fourth-order valence-electron chi connectivity index (χ4n) is 4.35. The summed E-state index contributed by atoms with van der Waals surface area (Å²) >= 11 is 0. The van der Waals surface area contributed by atoms with Crippen LogP contribution in [0.2, 0.25) is 0 Å². The van der Waals surface area contributed by atoms with Crippen molar-refractivity contribution in [3.05, 3.63) is 64.7 Å². The number of piperazine rings is 1. The van der Waals surface area contributed by atoms with Gasteiger partial charge in [-0.2, -0.15) is 0 Å². The Morgan fingerprint density at radius 3 is 2.47 bits per heavy atom. The quantitative estimate of drug-likeness (QED) is 0.650. The zero-order chi connectivity index (χ0) is 22.1. The summed E-state index contributed by atoms with van der Waals surface area (Å²) in [6.45, 7) is 4.16. The van der Waals surface area contributed by atoms with Crippen LogP contribution in [0.4, 0.5) is 11.4 Å². The lowest BCUT2D eigenvalue weighted by Gasteiger charge is -2.34. The molecule has 2 aliphatic rings. The zero-order valence-electron chi connectivity index (χ0n) is 18.5. The number of rotatable bonds is 6. The van der Waals surface area contributed by atoms with Crippen LogP contribution >= 0.6 is 0 Å². The van der Waals surface area contributed by atoms with Crippen LogP contribution in [0.1, 0.15) is 31.1 Å². The van der Waals surface area contributed by atoms with Crippen LogP contribution in [0, 0.1) is 0 Å². The number of benzene rings is 2. The fraction of sp³-hybridized carbons (Fsp3) is 0.400. The Kier molecular flexibility index (Phi) is 5.66. The topological polar surface area (TPSA) is 70.5 Å².